The summed E-state index contributed by atoms with van der Waals surface area (Å²) in [4.78, 5) is 11.4. The highest BCUT2D eigenvalue weighted by atomic mass is 19.1. The van der Waals surface area contributed by atoms with Crippen LogP contribution in [-0.2, 0) is 5.11 Å². The van der Waals surface area contributed by atoms with Crippen LogP contribution < -0.4 is 0 Å². The lowest BCUT2D eigenvalue weighted by molar-refractivity contribution is 0.0962. The van der Waals surface area contributed by atoms with E-state index < -0.39 is 11.6 Å². The molecule has 1 aliphatic rings. The normalized spacial score (nSPS) is 15.8. The Morgan fingerprint density at radius 1 is 1.38 bits per heavy atom. The van der Waals surface area contributed by atoms with E-state index in [0.717, 1.165) is 18.9 Å². The van der Waals surface area contributed by atoms with Crippen molar-refractivity contribution in [1.82, 2.24) is 0 Å². The molecule has 1 aromatic carbocycles. The minimum atomic E-state index is -0.841. The summed E-state index contributed by atoms with van der Waals surface area (Å²) in [5.74, 6) is -1.84. The zero-order valence-corrected chi connectivity index (χ0v) is 6.92. The number of rotatable bonds is 2. The maximum absolute atomic E-state index is 12.8. The van der Waals surface area contributed by atoms with Gasteiger partial charge in [0.1, 0.15) is 0 Å². The lowest BCUT2D eigenvalue weighted by Gasteiger charge is -1.99. The van der Waals surface area contributed by atoms with Gasteiger partial charge in [-0.1, -0.05) is 6.07 Å². The van der Waals surface area contributed by atoms with Gasteiger partial charge in [0.15, 0.2) is 11.6 Å². The Labute approximate surface area is 75.0 Å². The van der Waals surface area contributed by atoms with E-state index in [-0.39, 0.29) is 17.3 Å². The van der Waals surface area contributed by atoms with Crippen molar-refractivity contribution in [2.75, 3.05) is 0 Å². The van der Waals surface area contributed by atoms with Gasteiger partial charge in [-0.3, -0.25) is 9.90 Å². The molecule has 1 aliphatic carbocycles. The van der Waals surface area contributed by atoms with Crippen LogP contribution in [0.5, 0.6) is 5.75 Å². The molecule has 1 saturated carbocycles. The van der Waals surface area contributed by atoms with Crippen LogP contribution in [0.15, 0.2) is 18.2 Å². The van der Waals surface area contributed by atoms with E-state index in [4.69, 9.17) is 0 Å². The summed E-state index contributed by atoms with van der Waals surface area (Å²) in [7, 11) is 0. The third-order valence-electron chi connectivity index (χ3n) is 2.18. The van der Waals surface area contributed by atoms with Gasteiger partial charge >= 0.3 is 0 Å². The average molecular weight is 179 g/mol. The molecule has 0 N–H and O–H groups in total. The van der Waals surface area contributed by atoms with E-state index in [2.05, 4.69) is 0 Å². The minimum Gasteiger partial charge on any atom is -0.294 e. The van der Waals surface area contributed by atoms with Crippen molar-refractivity contribution < 1.29 is 14.3 Å². The zero-order chi connectivity index (χ0) is 9.42. The summed E-state index contributed by atoms with van der Waals surface area (Å²) >= 11 is 0. The van der Waals surface area contributed by atoms with Gasteiger partial charge < -0.3 is 0 Å². The van der Waals surface area contributed by atoms with Crippen molar-refractivity contribution in [1.29, 1.82) is 0 Å². The predicted molar refractivity (Wildman–Crippen MR) is 43.6 cm³/mol. The first kappa shape index (κ1) is 8.23. The molecule has 0 unspecified atom stereocenters. The molecular formula is C10H8FO2. The third-order valence-corrected chi connectivity index (χ3v) is 2.18. The summed E-state index contributed by atoms with van der Waals surface area (Å²) in [5, 5.41) is 11.1. The van der Waals surface area contributed by atoms with Crippen LogP contribution in [0.1, 0.15) is 23.2 Å². The molecule has 0 saturated heterocycles. The lowest BCUT2D eigenvalue weighted by atomic mass is 10.1. The molecule has 1 fully saturated rings. The van der Waals surface area contributed by atoms with Gasteiger partial charge in [0, 0.05) is 5.92 Å². The summed E-state index contributed by atoms with van der Waals surface area (Å²) in [6.45, 7) is 0. The fourth-order valence-electron chi connectivity index (χ4n) is 1.27. The second-order valence-electron chi connectivity index (χ2n) is 3.26. The molecule has 3 heteroatoms. The number of carbonyl (C=O) groups is 1. The van der Waals surface area contributed by atoms with Gasteiger partial charge in [0.25, 0.3) is 0 Å². The van der Waals surface area contributed by atoms with Crippen molar-refractivity contribution in [3.8, 4) is 5.75 Å². The van der Waals surface area contributed by atoms with Crippen LogP contribution in [0.3, 0.4) is 0 Å². The Morgan fingerprint density at radius 3 is 2.69 bits per heavy atom. The molecule has 0 bridgehead atoms. The SMILES string of the molecule is [O]c1c(F)cccc1C(=O)C1CC1. The molecule has 0 heterocycles. The number of halogens is 1. The lowest BCUT2D eigenvalue weighted by Crippen LogP contribution is -2.01. The number of carbonyl (C=O) groups excluding carboxylic acids is 1. The van der Waals surface area contributed by atoms with Crippen LogP contribution in [0.25, 0.3) is 0 Å². The number of Topliss-reactive ketones (excluding diaryl/α,β-unsaturated/α-hetero) is 1. The highest BCUT2D eigenvalue weighted by Gasteiger charge is 2.32. The second kappa shape index (κ2) is 2.83. The smallest absolute Gasteiger partial charge is 0.224 e. The van der Waals surface area contributed by atoms with Gasteiger partial charge in [-0.2, -0.15) is 0 Å². The zero-order valence-electron chi connectivity index (χ0n) is 6.92. The van der Waals surface area contributed by atoms with Crippen LogP contribution >= 0.6 is 0 Å². The molecule has 1 aromatic rings. The van der Waals surface area contributed by atoms with E-state index in [1.54, 1.807) is 0 Å². The molecule has 2 rings (SSSR count). The van der Waals surface area contributed by atoms with Gasteiger partial charge in [-0.15, -0.1) is 0 Å². The molecule has 13 heavy (non-hydrogen) atoms. The number of ketones is 1. The van der Waals surface area contributed by atoms with E-state index in [1.807, 2.05) is 0 Å². The van der Waals surface area contributed by atoms with Crippen molar-refractivity contribution in [2.24, 2.45) is 5.92 Å². The van der Waals surface area contributed by atoms with Crippen molar-refractivity contribution in [2.45, 2.75) is 12.8 Å². The predicted octanol–water partition coefficient (Wildman–Crippen LogP) is 2.56. The van der Waals surface area contributed by atoms with Crippen LogP contribution in [0.2, 0.25) is 0 Å². The molecule has 1 radical (unpaired) electrons. The maximum atomic E-state index is 12.8. The monoisotopic (exact) mass is 179 g/mol. The van der Waals surface area contributed by atoms with Gasteiger partial charge in [0.2, 0.25) is 5.75 Å². The molecule has 0 amide bonds. The average Bonchev–Trinajstić information content (AvgIpc) is 2.91. The van der Waals surface area contributed by atoms with Crippen molar-refractivity contribution >= 4 is 5.78 Å². The van der Waals surface area contributed by atoms with E-state index in [1.165, 1.54) is 12.1 Å². The van der Waals surface area contributed by atoms with Crippen molar-refractivity contribution in [3.05, 3.63) is 29.6 Å². The highest BCUT2D eigenvalue weighted by molar-refractivity contribution is 6.01. The fraction of sp³-hybridized carbons (Fsp3) is 0.300. The van der Waals surface area contributed by atoms with E-state index >= 15 is 0 Å². The van der Waals surface area contributed by atoms with E-state index in [9.17, 15) is 14.3 Å². The Kier molecular flexibility index (Phi) is 1.79. The molecule has 67 valence electrons. The molecule has 2 nitrogen and oxygen atoms in total. The Morgan fingerprint density at radius 2 is 2.08 bits per heavy atom. The standard InChI is InChI=1S/C10H8FO2/c11-8-3-1-2-7(10(8)13)9(12)6-4-5-6/h1-3,6H,4-5H2. The number of hydrogen-bond acceptors (Lipinski definition) is 1. The fourth-order valence-corrected chi connectivity index (χ4v) is 1.27. The third kappa shape index (κ3) is 1.41. The van der Waals surface area contributed by atoms with Crippen molar-refractivity contribution in [3.63, 3.8) is 0 Å². The van der Waals surface area contributed by atoms with Gasteiger partial charge in [-0.25, -0.2) is 4.39 Å². The molecular weight excluding hydrogens is 171 g/mol. The molecule has 0 aliphatic heterocycles. The van der Waals surface area contributed by atoms with Crippen LogP contribution in [0, 0.1) is 11.7 Å². The van der Waals surface area contributed by atoms with E-state index in [0.29, 0.717) is 0 Å². The van der Waals surface area contributed by atoms with Gasteiger partial charge in [-0.05, 0) is 25.0 Å². The minimum absolute atomic E-state index is 0.00231. The number of benzene rings is 1. The Hall–Kier alpha value is -1.38. The first-order valence-corrected chi connectivity index (χ1v) is 4.20. The highest BCUT2D eigenvalue weighted by Crippen LogP contribution is 2.35. The second-order valence-corrected chi connectivity index (χ2v) is 3.26. The summed E-state index contributed by atoms with van der Waals surface area (Å²) < 4.78 is 12.8. The van der Waals surface area contributed by atoms with Crippen LogP contribution in [-0.4, -0.2) is 5.78 Å². The topological polar surface area (TPSA) is 37.0 Å². The summed E-state index contributed by atoms with van der Waals surface area (Å²) in [5.41, 5.74) is 0.00231. The Bertz CT molecular complexity index is 356. The summed E-state index contributed by atoms with van der Waals surface area (Å²) in [6.07, 6.45) is 1.66. The largest absolute Gasteiger partial charge is 0.294 e. The number of para-hydroxylation sites is 1. The molecule has 0 atom stereocenters. The summed E-state index contributed by atoms with van der Waals surface area (Å²) in [6, 6.07) is 3.87. The molecule has 0 aromatic heterocycles. The Balaban J connectivity index is 2.38. The maximum Gasteiger partial charge on any atom is 0.224 e. The number of hydrogen-bond donors (Lipinski definition) is 0. The first-order valence-electron chi connectivity index (χ1n) is 4.20. The molecule has 0 spiro atoms. The van der Waals surface area contributed by atoms with Gasteiger partial charge in [0.05, 0.1) is 5.56 Å². The van der Waals surface area contributed by atoms with Crippen LogP contribution in [0.4, 0.5) is 4.39 Å². The quantitative estimate of drug-likeness (QED) is 0.643. The first-order chi connectivity index (χ1) is 6.20.